The van der Waals surface area contributed by atoms with Crippen LogP contribution in [0.15, 0.2) is 48.8 Å². The number of hydrogen-bond donors (Lipinski definition) is 1. The van der Waals surface area contributed by atoms with E-state index in [1.165, 1.54) is 56.7 Å². The van der Waals surface area contributed by atoms with Gasteiger partial charge in [-0.1, -0.05) is 30.3 Å². The maximum atomic E-state index is 4.84. The lowest BCUT2D eigenvalue weighted by Gasteiger charge is -2.33. The first-order valence-electron chi connectivity index (χ1n) is 9.64. The quantitative estimate of drug-likeness (QED) is 0.791. The van der Waals surface area contributed by atoms with Crippen molar-refractivity contribution >= 4 is 5.78 Å². The molecular weight excluding hydrogens is 322 g/mol. The first-order chi connectivity index (χ1) is 12.8. The van der Waals surface area contributed by atoms with Gasteiger partial charge in [-0.15, -0.1) is 0 Å². The summed E-state index contributed by atoms with van der Waals surface area (Å²) in [4.78, 5) is 11.9. The molecule has 1 spiro atoms. The number of rotatable bonds is 3. The van der Waals surface area contributed by atoms with Gasteiger partial charge in [-0.05, 0) is 50.4 Å². The molecule has 134 valence electrons. The summed E-state index contributed by atoms with van der Waals surface area (Å²) in [5.41, 5.74) is 4.02. The minimum atomic E-state index is 0.525. The van der Waals surface area contributed by atoms with Gasteiger partial charge in [0.15, 0.2) is 0 Å². The van der Waals surface area contributed by atoms with Crippen molar-refractivity contribution < 1.29 is 0 Å². The van der Waals surface area contributed by atoms with Crippen molar-refractivity contribution in [2.45, 2.75) is 25.8 Å². The van der Waals surface area contributed by atoms with Crippen LogP contribution < -0.4 is 5.32 Å². The summed E-state index contributed by atoms with van der Waals surface area (Å²) in [6, 6.07) is 12.5. The number of likely N-dealkylation sites (tertiary alicyclic amines) is 1. The molecule has 2 aliphatic heterocycles. The van der Waals surface area contributed by atoms with Gasteiger partial charge in [-0.3, -0.25) is 9.30 Å². The normalized spacial score (nSPS) is 20.2. The first-order valence-corrected chi connectivity index (χ1v) is 9.64. The van der Waals surface area contributed by atoms with Crippen LogP contribution in [0.5, 0.6) is 0 Å². The Hall–Kier alpha value is -2.24. The molecule has 0 unspecified atom stereocenters. The third-order valence-corrected chi connectivity index (χ3v) is 6.10. The van der Waals surface area contributed by atoms with Crippen LogP contribution in [0, 0.1) is 5.41 Å². The highest BCUT2D eigenvalue weighted by Gasteiger charge is 2.39. The maximum absolute atomic E-state index is 4.84. The van der Waals surface area contributed by atoms with E-state index < -0.39 is 0 Å². The van der Waals surface area contributed by atoms with Crippen LogP contribution in [-0.2, 0) is 6.54 Å². The molecule has 3 aromatic rings. The minimum Gasteiger partial charge on any atom is -0.317 e. The van der Waals surface area contributed by atoms with Crippen molar-refractivity contribution in [1.82, 2.24) is 24.6 Å². The molecule has 5 nitrogen and oxygen atoms in total. The van der Waals surface area contributed by atoms with Gasteiger partial charge in [-0.25, -0.2) is 9.97 Å². The molecule has 1 N–H and O–H groups in total. The number of nitrogens with one attached hydrogen (secondary N) is 1. The standard InChI is InChI=1S/C21H25N5/c1-2-5-17(6-3-1)19-18(26-13-4-10-23-20(26)24-19)15-25-14-9-21(16-25)7-11-22-12-8-21/h1-6,10,13,22H,7-9,11-12,14-16H2. The average Bonchev–Trinajstić information content (AvgIpc) is 3.25. The molecule has 0 amide bonds. The molecule has 2 fully saturated rings. The van der Waals surface area contributed by atoms with Gasteiger partial charge in [0.25, 0.3) is 0 Å². The van der Waals surface area contributed by atoms with Crippen molar-refractivity contribution in [1.29, 1.82) is 0 Å². The highest BCUT2D eigenvalue weighted by Crippen LogP contribution is 2.39. The fraction of sp³-hybridized carbons (Fsp3) is 0.429. The Balaban J connectivity index is 1.48. The summed E-state index contributed by atoms with van der Waals surface area (Å²) in [5.74, 6) is 0.789. The lowest BCUT2D eigenvalue weighted by molar-refractivity contribution is 0.193. The third-order valence-electron chi connectivity index (χ3n) is 6.10. The van der Waals surface area contributed by atoms with E-state index in [2.05, 4.69) is 56.1 Å². The number of imidazole rings is 1. The zero-order valence-electron chi connectivity index (χ0n) is 15.1. The lowest BCUT2D eigenvalue weighted by atomic mass is 9.78. The topological polar surface area (TPSA) is 45.5 Å². The number of nitrogens with zero attached hydrogens (tertiary/aromatic N) is 4. The van der Waals surface area contributed by atoms with Gasteiger partial charge in [0.1, 0.15) is 0 Å². The molecule has 5 heteroatoms. The smallest absolute Gasteiger partial charge is 0.234 e. The Kier molecular flexibility index (Phi) is 3.98. The third kappa shape index (κ3) is 2.81. The van der Waals surface area contributed by atoms with Gasteiger partial charge in [0.05, 0.1) is 11.4 Å². The van der Waals surface area contributed by atoms with E-state index >= 15 is 0 Å². The van der Waals surface area contributed by atoms with Gasteiger partial charge in [0.2, 0.25) is 5.78 Å². The Labute approximate surface area is 154 Å². The Morgan fingerprint density at radius 3 is 2.73 bits per heavy atom. The molecule has 1 aromatic carbocycles. The highest BCUT2D eigenvalue weighted by molar-refractivity contribution is 5.65. The van der Waals surface area contributed by atoms with Gasteiger partial charge < -0.3 is 5.32 Å². The van der Waals surface area contributed by atoms with Crippen molar-refractivity contribution in [2.24, 2.45) is 5.41 Å². The number of aromatic nitrogens is 3. The fourth-order valence-corrected chi connectivity index (χ4v) is 4.65. The van der Waals surface area contributed by atoms with Crippen molar-refractivity contribution in [2.75, 3.05) is 26.2 Å². The van der Waals surface area contributed by atoms with Crippen molar-refractivity contribution in [3.63, 3.8) is 0 Å². The second-order valence-corrected chi connectivity index (χ2v) is 7.77. The highest BCUT2D eigenvalue weighted by atomic mass is 15.2. The number of hydrogen-bond acceptors (Lipinski definition) is 4. The van der Waals surface area contributed by atoms with Gasteiger partial charge in [-0.2, -0.15) is 0 Å². The lowest BCUT2D eigenvalue weighted by Crippen LogP contribution is -2.38. The Bertz CT molecular complexity index is 895. The number of fused-ring (bicyclic) bond motifs is 1. The summed E-state index contributed by atoms with van der Waals surface area (Å²) in [6.07, 6.45) is 7.85. The summed E-state index contributed by atoms with van der Waals surface area (Å²) >= 11 is 0. The SMILES string of the molecule is c1ccc(-c2nc3ncccn3c2CN2CCC3(CCNCC3)C2)cc1. The second kappa shape index (κ2) is 6.49. The summed E-state index contributed by atoms with van der Waals surface area (Å²) < 4.78 is 2.16. The van der Waals surface area contributed by atoms with Crippen LogP contribution in [0.2, 0.25) is 0 Å². The molecule has 0 aliphatic carbocycles. The van der Waals surface area contributed by atoms with E-state index in [4.69, 9.17) is 4.98 Å². The summed E-state index contributed by atoms with van der Waals surface area (Å²) in [7, 11) is 0. The van der Waals surface area contributed by atoms with Crippen LogP contribution >= 0.6 is 0 Å². The summed E-state index contributed by atoms with van der Waals surface area (Å²) in [5, 5.41) is 3.51. The van der Waals surface area contributed by atoms with Crippen molar-refractivity contribution in [3.8, 4) is 11.3 Å². The molecular formula is C21H25N5. The van der Waals surface area contributed by atoms with Crippen LogP contribution in [0.3, 0.4) is 0 Å². The van der Waals surface area contributed by atoms with Crippen LogP contribution in [0.25, 0.3) is 17.0 Å². The zero-order chi connectivity index (χ0) is 17.4. The molecule has 0 atom stereocenters. The molecule has 26 heavy (non-hydrogen) atoms. The molecule has 2 aromatic heterocycles. The average molecular weight is 347 g/mol. The molecule has 2 aliphatic rings. The first kappa shape index (κ1) is 16.0. The van der Waals surface area contributed by atoms with E-state index in [9.17, 15) is 0 Å². The maximum Gasteiger partial charge on any atom is 0.234 e. The van der Waals surface area contributed by atoms with Crippen LogP contribution in [0.4, 0.5) is 0 Å². The van der Waals surface area contributed by atoms with E-state index in [1.54, 1.807) is 0 Å². The van der Waals surface area contributed by atoms with Gasteiger partial charge >= 0.3 is 0 Å². The zero-order valence-corrected chi connectivity index (χ0v) is 15.1. The largest absolute Gasteiger partial charge is 0.317 e. The molecule has 2 saturated heterocycles. The molecule has 5 rings (SSSR count). The molecule has 4 heterocycles. The van der Waals surface area contributed by atoms with Crippen molar-refractivity contribution in [3.05, 3.63) is 54.5 Å². The number of benzene rings is 1. The van der Waals surface area contributed by atoms with Crippen LogP contribution in [-0.4, -0.2) is 45.4 Å². The molecule has 0 bridgehead atoms. The van der Waals surface area contributed by atoms with E-state index in [-0.39, 0.29) is 0 Å². The van der Waals surface area contributed by atoms with Crippen LogP contribution in [0.1, 0.15) is 25.0 Å². The fourth-order valence-electron chi connectivity index (χ4n) is 4.65. The monoisotopic (exact) mass is 347 g/mol. The van der Waals surface area contributed by atoms with Gasteiger partial charge in [0, 0.05) is 31.0 Å². The minimum absolute atomic E-state index is 0.525. The van der Waals surface area contributed by atoms with E-state index in [0.29, 0.717) is 5.41 Å². The van der Waals surface area contributed by atoms with E-state index in [1.807, 2.05) is 12.3 Å². The molecule has 0 saturated carbocycles. The second-order valence-electron chi connectivity index (χ2n) is 7.77. The predicted octanol–water partition coefficient (Wildman–Crippen LogP) is 2.97. The Morgan fingerprint density at radius 2 is 1.88 bits per heavy atom. The number of piperidine rings is 1. The predicted molar refractivity (Wildman–Crippen MR) is 103 cm³/mol. The molecule has 0 radical (unpaired) electrons. The Morgan fingerprint density at radius 1 is 1.04 bits per heavy atom. The van der Waals surface area contributed by atoms with E-state index in [0.717, 1.165) is 18.0 Å². The summed E-state index contributed by atoms with van der Waals surface area (Å²) in [6.45, 7) is 5.66.